The van der Waals surface area contributed by atoms with Crippen molar-refractivity contribution in [1.82, 2.24) is 25.0 Å². The van der Waals surface area contributed by atoms with Crippen molar-refractivity contribution in [3.8, 4) is 0 Å². The van der Waals surface area contributed by atoms with E-state index in [9.17, 15) is 0 Å². The molecule has 2 heterocycles. The second kappa shape index (κ2) is 11.6. The molecule has 160 valence electrons. The number of nitrogens with zero attached hydrogens (tertiary/aromatic N) is 6. The Morgan fingerprint density at radius 3 is 2.52 bits per heavy atom. The zero-order valence-corrected chi connectivity index (χ0v) is 20.5. The Kier molecular flexibility index (Phi) is 9.48. The maximum atomic E-state index is 6.37. The van der Waals surface area contributed by atoms with Gasteiger partial charge in [-0.25, -0.2) is 4.99 Å². The fourth-order valence-electron chi connectivity index (χ4n) is 3.25. The number of halogens is 2. The standard InChI is InChI=1S/C20H30ClN7.HI/c1-4-5-10-22-20(23-15-19-25-24-16(2)26(19)3)28-13-11-27(12-14-28)18-9-7-6-8-17(18)21;/h6-9H,4-5,10-15H2,1-3H3,(H,22,23);1H. The number of guanidine groups is 1. The Balaban J connectivity index is 0.00000300. The summed E-state index contributed by atoms with van der Waals surface area (Å²) in [5.41, 5.74) is 1.11. The highest BCUT2D eigenvalue weighted by Gasteiger charge is 2.21. The van der Waals surface area contributed by atoms with Gasteiger partial charge in [0.25, 0.3) is 0 Å². The van der Waals surface area contributed by atoms with Crippen molar-refractivity contribution in [3.63, 3.8) is 0 Å². The van der Waals surface area contributed by atoms with Gasteiger partial charge in [-0.15, -0.1) is 34.2 Å². The normalized spacial score (nSPS) is 14.7. The van der Waals surface area contributed by atoms with E-state index in [4.69, 9.17) is 16.6 Å². The number of nitrogens with one attached hydrogen (secondary N) is 1. The first kappa shape index (κ1) is 23.7. The molecule has 0 unspecified atom stereocenters. The number of para-hydroxylation sites is 1. The van der Waals surface area contributed by atoms with Crippen LogP contribution in [-0.4, -0.2) is 58.3 Å². The van der Waals surface area contributed by atoms with Crippen LogP contribution in [0.1, 0.15) is 31.4 Å². The summed E-state index contributed by atoms with van der Waals surface area (Å²) >= 11 is 6.37. The SMILES string of the molecule is CCCCNC(=NCc1nnc(C)n1C)N1CCN(c2ccccc2Cl)CC1.I. The molecule has 0 spiro atoms. The number of hydrogen-bond acceptors (Lipinski definition) is 4. The first-order valence-corrected chi connectivity index (χ1v) is 10.4. The molecule has 7 nitrogen and oxygen atoms in total. The Labute approximate surface area is 195 Å². The topological polar surface area (TPSA) is 61.6 Å². The van der Waals surface area contributed by atoms with Gasteiger partial charge in [0.1, 0.15) is 12.4 Å². The molecule has 1 saturated heterocycles. The third-order valence-electron chi connectivity index (χ3n) is 5.14. The van der Waals surface area contributed by atoms with Crippen LogP contribution in [-0.2, 0) is 13.6 Å². The molecule has 0 saturated carbocycles. The van der Waals surface area contributed by atoms with Crippen LogP contribution in [0.2, 0.25) is 5.02 Å². The van der Waals surface area contributed by atoms with Gasteiger partial charge in [-0.3, -0.25) is 0 Å². The molecule has 0 aliphatic carbocycles. The highest BCUT2D eigenvalue weighted by molar-refractivity contribution is 14.0. The van der Waals surface area contributed by atoms with Crippen molar-refractivity contribution in [2.45, 2.75) is 33.2 Å². The average molecular weight is 532 g/mol. The molecule has 1 N–H and O–H groups in total. The van der Waals surface area contributed by atoms with E-state index in [2.05, 4.69) is 38.3 Å². The van der Waals surface area contributed by atoms with Crippen molar-refractivity contribution in [2.75, 3.05) is 37.6 Å². The van der Waals surface area contributed by atoms with E-state index in [1.165, 1.54) is 0 Å². The minimum Gasteiger partial charge on any atom is -0.367 e. The van der Waals surface area contributed by atoms with Crippen LogP contribution in [0, 0.1) is 6.92 Å². The number of rotatable bonds is 6. The maximum Gasteiger partial charge on any atom is 0.194 e. The smallest absolute Gasteiger partial charge is 0.194 e. The molecule has 1 aliphatic heterocycles. The molecule has 1 aliphatic rings. The number of unbranched alkanes of at least 4 members (excludes halogenated alkanes) is 1. The molecular formula is C20H31ClIN7. The van der Waals surface area contributed by atoms with Gasteiger partial charge in [0, 0.05) is 39.8 Å². The van der Waals surface area contributed by atoms with Crippen LogP contribution in [0.3, 0.4) is 0 Å². The van der Waals surface area contributed by atoms with Gasteiger partial charge in [-0.2, -0.15) is 0 Å². The summed E-state index contributed by atoms with van der Waals surface area (Å²) < 4.78 is 1.99. The van der Waals surface area contributed by atoms with Gasteiger partial charge >= 0.3 is 0 Å². The molecule has 3 rings (SSSR count). The number of aryl methyl sites for hydroxylation is 1. The van der Waals surface area contributed by atoms with Crippen LogP contribution in [0.15, 0.2) is 29.3 Å². The van der Waals surface area contributed by atoms with Crippen molar-refractivity contribution in [1.29, 1.82) is 0 Å². The Bertz CT molecular complexity index is 800. The van der Waals surface area contributed by atoms with Crippen LogP contribution in [0.25, 0.3) is 0 Å². The fraction of sp³-hybridized carbons (Fsp3) is 0.550. The lowest BCUT2D eigenvalue weighted by Crippen LogP contribution is -2.52. The summed E-state index contributed by atoms with van der Waals surface area (Å²) in [5, 5.41) is 12.7. The van der Waals surface area contributed by atoms with E-state index >= 15 is 0 Å². The third-order valence-corrected chi connectivity index (χ3v) is 5.46. The molecule has 1 fully saturated rings. The first-order chi connectivity index (χ1) is 13.6. The van der Waals surface area contributed by atoms with Gasteiger partial charge in [0.2, 0.25) is 0 Å². The van der Waals surface area contributed by atoms with E-state index in [-0.39, 0.29) is 24.0 Å². The van der Waals surface area contributed by atoms with Gasteiger partial charge < -0.3 is 19.7 Å². The van der Waals surface area contributed by atoms with E-state index in [0.29, 0.717) is 6.54 Å². The summed E-state index contributed by atoms with van der Waals surface area (Å²) in [6.45, 7) is 9.25. The van der Waals surface area contributed by atoms with Gasteiger partial charge in [0.05, 0.1) is 10.7 Å². The van der Waals surface area contributed by atoms with E-state index in [0.717, 1.165) is 73.9 Å². The molecule has 2 aromatic rings. The lowest BCUT2D eigenvalue weighted by molar-refractivity contribution is 0.371. The average Bonchev–Trinajstić information content (AvgIpc) is 3.03. The molecular weight excluding hydrogens is 501 g/mol. The van der Waals surface area contributed by atoms with Crippen molar-refractivity contribution in [2.24, 2.45) is 12.0 Å². The lowest BCUT2D eigenvalue weighted by atomic mass is 10.2. The minimum atomic E-state index is 0. The highest BCUT2D eigenvalue weighted by Crippen LogP contribution is 2.26. The van der Waals surface area contributed by atoms with Crippen molar-refractivity contribution in [3.05, 3.63) is 40.9 Å². The zero-order valence-electron chi connectivity index (χ0n) is 17.4. The molecule has 9 heteroatoms. The Hall–Kier alpha value is -1.55. The summed E-state index contributed by atoms with van der Waals surface area (Å²) in [4.78, 5) is 9.51. The van der Waals surface area contributed by atoms with Crippen molar-refractivity contribution < 1.29 is 0 Å². The van der Waals surface area contributed by atoms with Crippen LogP contribution < -0.4 is 10.2 Å². The summed E-state index contributed by atoms with van der Waals surface area (Å²) in [6.07, 6.45) is 2.28. The molecule has 1 aromatic carbocycles. The van der Waals surface area contributed by atoms with Crippen LogP contribution in [0.5, 0.6) is 0 Å². The Morgan fingerprint density at radius 2 is 1.90 bits per heavy atom. The second-order valence-electron chi connectivity index (χ2n) is 7.07. The number of benzene rings is 1. The fourth-order valence-corrected chi connectivity index (χ4v) is 3.50. The van der Waals surface area contributed by atoms with Crippen LogP contribution >= 0.6 is 35.6 Å². The largest absolute Gasteiger partial charge is 0.367 e. The predicted molar refractivity (Wildman–Crippen MR) is 130 cm³/mol. The second-order valence-corrected chi connectivity index (χ2v) is 7.48. The Morgan fingerprint density at radius 1 is 1.17 bits per heavy atom. The van der Waals surface area contributed by atoms with Crippen LogP contribution in [0.4, 0.5) is 5.69 Å². The van der Waals surface area contributed by atoms with E-state index in [1.54, 1.807) is 0 Å². The number of anilines is 1. The van der Waals surface area contributed by atoms with Gasteiger partial charge in [-0.1, -0.05) is 37.1 Å². The first-order valence-electron chi connectivity index (χ1n) is 9.97. The zero-order chi connectivity index (χ0) is 19.9. The number of piperazine rings is 1. The third kappa shape index (κ3) is 6.21. The molecule has 29 heavy (non-hydrogen) atoms. The molecule has 0 atom stereocenters. The van der Waals surface area contributed by atoms with E-state index < -0.39 is 0 Å². The molecule has 0 amide bonds. The predicted octanol–water partition coefficient (Wildman–Crippen LogP) is 3.46. The number of hydrogen-bond donors (Lipinski definition) is 1. The number of aromatic nitrogens is 3. The summed E-state index contributed by atoms with van der Waals surface area (Å²) in [7, 11) is 1.98. The maximum absolute atomic E-state index is 6.37. The van der Waals surface area contributed by atoms with E-state index in [1.807, 2.05) is 36.7 Å². The molecule has 1 aromatic heterocycles. The minimum absolute atomic E-state index is 0. The quantitative estimate of drug-likeness (QED) is 0.268. The molecule has 0 radical (unpaired) electrons. The monoisotopic (exact) mass is 531 g/mol. The summed E-state index contributed by atoms with van der Waals surface area (Å²) in [5.74, 6) is 2.73. The summed E-state index contributed by atoms with van der Waals surface area (Å²) in [6, 6.07) is 8.04. The highest BCUT2D eigenvalue weighted by atomic mass is 127. The number of aliphatic imine (C=N–C) groups is 1. The molecule has 0 bridgehead atoms. The van der Waals surface area contributed by atoms with Crippen molar-refractivity contribution >= 4 is 47.2 Å². The van der Waals surface area contributed by atoms with Gasteiger partial charge in [-0.05, 0) is 25.5 Å². The van der Waals surface area contributed by atoms with Gasteiger partial charge in [0.15, 0.2) is 11.8 Å². The lowest BCUT2D eigenvalue weighted by Gasteiger charge is -2.38.